The lowest BCUT2D eigenvalue weighted by molar-refractivity contribution is 0.190. The molecule has 0 radical (unpaired) electrons. The standard InChI is InChI=1S/C8H17N.C2H6/c1-7(2)9(4)8(3)5-6-8;1-2/h7H,5-6H2,1-4H3;1-2H3. The maximum atomic E-state index is 2.47. The van der Waals surface area contributed by atoms with Crippen LogP contribution in [0.15, 0.2) is 0 Å². The van der Waals surface area contributed by atoms with Gasteiger partial charge in [0.1, 0.15) is 0 Å². The zero-order valence-corrected chi connectivity index (χ0v) is 8.94. The highest BCUT2D eigenvalue weighted by Gasteiger charge is 2.41. The summed E-state index contributed by atoms with van der Waals surface area (Å²) in [6.45, 7) is 10.8. The first-order valence-electron chi connectivity index (χ1n) is 4.79. The summed E-state index contributed by atoms with van der Waals surface area (Å²) in [5, 5.41) is 0. The van der Waals surface area contributed by atoms with Crippen molar-refractivity contribution in [1.82, 2.24) is 4.90 Å². The topological polar surface area (TPSA) is 3.24 Å². The fourth-order valence-corrected chi connectivity index (χ4v) is 1.16. The summed E-state index contributed by atoms with van der Waals surface area (Å²) in [5.74, 6) is 0. The van der Waals surface area contributed by atoms with Crippen molar-refractivity contribution in [1.29, 1.82) is 0 Å². The molecule has 0 aromatic rings. The van der Waals surface area contributed by atoms with E-state index in [2.05, 4.69) is 32.7 Å². The highest BCUT2D eigenvalue weighted by atomic mass is 15.2. The molecule has 0 amide bonds. The Bertz CT molecular complexity index is 103. The second kappa shape index (κ2) is 4.10. The van der Waals surface area contributed by atoms with Crippen molar-refractivity contribution in [2.24, 2.45) is 0 Å². The fourth-order valence-electron chi connectivity index (χ4n) is 1.16. The third-order valence-corrected chi connectivity index (χ3v) is 2.60. The quantitative estimate of drug-likeness (QED) is 0.595. The second-order valence-electron chi connectivity index (χ2n) is 3.70. The van der Waals surface area contributed by atoms with Crippen molar-refractivity contribution >= 4 is 0 Å². The molecule has 0 aromatic heterocycles. The molecule has 0 unspecified atom stereocenters. The van der Waals surface area contributed by atoms with Crippen LogP contribution < -0.4 is 0 Å². The van der Waals surface area contributed by atoms with Crippen molar-refractivity contribution in [3.05, 3.63) is 0 Å². The SMILES string of the molecule is CC.CC(C)N(C)C1(C)CC1. The first-order chi connectivity index (χ1) is 5.06. The molecular weight excluding hydrogens is 134 g/mol. The minimum atomic E-state index is 0.564. The monoisotopic (exact) mass is 157 g/mol. The van der Waals surface area contributed by atoms with Gasteiger partial charge in [-0.2, -0.15) is 0 Å². The van der Waals surface area contributed by atoms with Crippen LogP contribution in [0.2, 0.25) is 0 Å². The predicted octanol–water partition coefficient (Wildman–Crippen LogP) is 2.91. The summed E-state index contributed by atoms with van der Waals surface area (Å²) in [6.07, 6.45) is 2.78. The lowest BCUT2D eigenvalue weighted by Crippen LogP contribution is -2.36. The predicted molar refractivity (Wildman–Crippen MR) is 51.9 cm³/mol. The fraction of sp³-hybridized carbons (Fsp3) is 1.00. The third-order valence-electron chi connectivity index (χ3n) is 2.60. The average Bonchev–Trinajstić information content (AvgIpc) is 2.72. The Labute approximate surface area is 71.8 Å². The molecule has 11 heavy (non-hydrogen) atoms. The maximum absolute atomic E-state index is 2.47. The first-order valence-corrected chi connectivity index (χ1v) is 4.79. The van der Waals surface area contributed by atoms with Crippen molar-refractivity contribution in [3.8, 4) is 0 Å². The largest absolute Gasteiger partial charge is 0.299 e. The molecular formula is C10H23N. The Hall–Kier alpha value is -0.0400. The molecule has 1 saturated carbocycles. The summed E-state index contributed by atoms with van der Waals surface area (Å²) >= 11 is 0. The van der Waals surface area contributed by atoms with E-state index < -0.39 is 0 Å². The van der Waals surface area contributed by atoms with Crippen molar-refractivity contribution in [3.63, 3.8) is 0 Å². The molecule has 1 aliphatic carbocycles. The van der Waals surface area contributed by atoms with Gasteiger partial charge in [-0.3, -0.25) is 4.90 Å². The minimum absolute atomic E-state index is 0.564. The molecule has 68 valence electrons. The Balaban J connectivity index is 0.000000461. The van der Waals surface area contributed by atoms with Crippen LogP contribution in [0, 0.1) is 0 Å². The lowest BCUT2D eigenvalue weighted by Gasteiger charge is -2.28. The number of nitrogens with zero attached hydrogens (tertiary/aromatic N) is 1. The van der Waals surface area contributed by atoms with Gasteiger partial charge in [-0.15, -0.1) is 0 Å². The molecule has 0 heterocycles. The molecule has 0 bridgehead atoms. The molecule has 1 nitrogen and oxygen atoms in total. The number of rotatable bonds is 2. The molecule has 0 aliphatic heterocycles. The summed E-state index contributed by atoms with van der Waals surface area (Å²) in [6, 6.07) is 0.706. The van der Waals surface area contributed by atoms with Gasteiger partial charge in [0.05, 0.1) is 0 Å². The van der Waals surface area contributed by atoms with Crippen LogP contribution in [0.4, 0.5) is 0 Å². The van der Waals surface area contributed by atoms with E-state index in [0.717, 1.165) is 0 Å². The number of hydrogen-bond donors (Lipinski definition) is 0. The molecule has 0 spiro atoms. The molecule has 0 N–H and O–H groups in total. The van der Waals surface area contributed by atoms with Crippen LogP contribution >= 0.6 is 0 Å². The molecule has 1 rings (SSSR count). The van der Waals surface area contributed by atoms with Crippen molar-refractivity contribution in [2.45, 2.75) is 59.0 Å². The van der Waals surface area contributed by atoms with Gasteiger partial charge in [0.25, 0.3) is 0 Å². The van der Waals surface area contributed by atoms with E-state index >= 15 is 0 Å². The molecule has 1 fully saturated rings. The van der Waals surface area contributed by atoms with Gasteiger partial charge in [0.2, 0.25) is 0 Å². The van der Waals surface area contributed by atoms with E-state index in [0.29, 0.717) is 11.6 Å². The molecule has 0 atom stereocenters. The van der Waals surface area contributed by atoms with Crippen LogP contribution in [0.1, 0.15) is 47.5 Å². The van der Waals surface area contributed by atoms with Gasteiger partial charge in [-0.05, 0) is 40.7 Å². The van der Waals surface area contributed by atoms with Gasteiger partial charge in [-0.25, -0.2) is 0 Å². The highest BCUT2D eigenvalue weighted by molar-refractivity contribution is 4.99. The van der Waals surface area contributed by atoms with E-state index in [1.165, 1.54) is 12.8 Å². The van der Waals surface area contributed by atoms with E-state index in [1.807, 2.05) is 13.8 Å². The van der Waals surface area contributed by atoms with E-state index in [-0.39, 0.29) is 0 Å². The Morgan fingerprint density at radius 2 is 1.55 bits per heavy atom. The summed E-state index contributed by atoms with van der Waals surface area (Å²) in [5.41, 5.74) is 0.564. The molecule has 0 aromatic carbocycles. The lowest BCUT2D eigenvalue weighted by atomic mass is 10.2. The van der Waals surface area contributed by atoms with Gasteiger partial charge in [0.15, 0.2) is 0 Å². The van der Waals surface area contributed by atoms with Gasteiger partial charge >= 0.3 is 0 Å². The van der Waals surface area contributed by atoms with E-state index in [4.69, 9.17) is 0 Å². The van der Waals surface area contributed by atoms with Crippen LogP contribution in [0.25, 0.3) is 0 Å². The second-order valence-corrected chi connectivity index (χ2v) is 3.70. The van der Waals surface area contributed by atoms with E-state index in [9.17, 15) is 0 Å². The molecule has 1 aliphatic rings. The third kappa shape index (κ3) is 2.82. The Morgan fingerprint density at radius 1 is 1.18 bits per heavy atom. The average molecular weight is 157 g/mol. The normalized spacial score (nSPS) is 19.6. The summed E-state index contributed by atoms with van der Waals surface area (Å²) in [4.78, 5) is 2.47. The van der Waals surface area contributed by atoms with Crippen LogP contribution in [-0.2, 0) is 0 Å². The zero-order chi connectivity index (χ0) is 9.07. The Morgan fingerprint density at radius 3 is 1.64 bits per heavy atom. The summed E-state index contributed by atoms with van der Waals surface area (Å²) < 4.78 is 0. The highest BCUT2D eigenvalue weighted by Crippen LogP contribution is 2.40. The van der Waals surface area contributed by atoms with Gasteiger partial charge in [0, 0.05) is 11.6 Å². The summed E-state index contributed by atoms with van der Waals surface area (Å²) in [7, 11) is 2.22. The zero-order valence-electron chi connectivity index (χ0n) is 8.94. The van der Waals surface area contributed by atoms with Gasteiger partial charge < -0.3 is 0 Å². The van der Waals surface area contributed by atoms with Crippen LogP contribution in [-0.4, -0.2) is 23.5 Å². The van der Waals surface area contributed by atoms with Crippen molar-refractivity contribution < 1.29 is 0 Å². The maximum Gasteiger partial charge on any atom is 0.0182 e. The van der Waals surface area contributed by atoms with Crippen LogP contribution in [0.5, 0.6) is 0 Å². The molecule has 0 saturated heterocycles. The smallest absolute Gasteiger partial charge is 0.0182 e. The Kier molecular flexibility index (Phi) is 4.09. The van der Waals surface area contributed by atoms with Crippen LogP contribution in [0.3, 0.4) is 0 Å². The van der Waals surface area contributed by atoms with Gasteiger partial charge in [-0.1, -0.05) is 13.8 Å². The molecule has 1 heteroatoms. The number of hydrogen-bond acceptors (Lipinski definition) is 1. The van der Waals surface area contributed by atoms with E-state index in [1.54, 1.807) is 0 Å². The first kappa shape index (κ1) is 11.0. The van der Waals surface area contributed by atoms with Crippen molar-refractivity contribution in [2.75, 3.05) is 7.05 Å². The minimum Gasteiger partial charge on any atom is -0.299 e.